The second-order valence-corrected chi connectivity index (χ2v) is 7.56. The molecule has 0 radical (unpaired) electrons. The summed E-state index contributed by atoms with van der Waals surface area (Å²) in [4.78, 5) is 17.0. The minimum atomic E-state index is 0.202. The molecule has 1 N–H and O–H groups in total. The Kier molecular flexibility index (Phi) is 7.71. The van der Waals surface area contributed by atoms with Crippen LogP contribution in [0.3, 0.4) is 0 Å². The molecule has 0 bridgehead atoms. The molecule has 1 aromatic carbocycles. The van der Waals surface area contributed by atoms with Crippen molar-refractivity contribution in [3.8, 4) is 0 Å². The second kappa shape index (κ2) is 10.5. The molecule has 26 heavy (non-hydrogen) atoms. The fourth-order valence-electron chi connectivity index (χ4n) is 3.85. The molecule has 0 saturated carbocycles. The van der Waals surface area contributed by atoms with Crippen LogP contribution in [0, 0.1) is 0 Å². The minimum absolute atomic E-state index is 0.202. The number of carbonyl (C=O) groups is 1. The summed E-state index contributed by atoms with van der Waals surface area (Å²) in [7, 11) is 0. The molecule has 0 spiro atoms. The summed E-state index contributed by atoms with van der Waals surface area (Å²) >= 11 is 0. The lowest BCUT2D eigenvalue weighted by Gasteiger charge is -2.34. The highest BCUT2D eigenvalue weighted by Crippen LogP contribution is 2.19. The topological polar surface area (TPSA) is 35.6 Å². The monoisotopic (exact) mass is 355 g/mol. The summed E-state index contributed by atoms with van der Waals surface area (Å²) in [6, 6.07) is 10.7. The lowest BCUT2D eigenvalue weighted by atomic mass is 9.97. The quantitative estimate of drug-likeness (QED) is 0.728. The Labute approximate surface area is 158 Å². The number of rotatable bonds is 8. The van der Waals surface area contributed by atoms with Crippen LogP contribution in [0.4, 0.5) is 0 Å². The fraction of sp³-hybridized carbons (Fsp3) is 0.591. The molecule has 0 aromatic heterocycles. The van der Waals surface area contributed by atoms with Gasteiger partial charge in [-0.15, -0.1) is 0 Å². The maximum Gasteiger partial charge on any atom is 0.221 e. The van der Waals surface area contributed by atoms with Crippen molar-refractivity contribution >= 4 is 5.91 Å². The third kappa shape index (κ3) is 6.58. The Morgan fingerprint density at radius 1 is 1.00 bits per heavy atom. The zero-order chi connectivity index (χ0) is 18.0. The van der Waals surface area contributed by atoms with Gasteiger partial charge in [0.05, 0.1) is 0 Å². The zero-order valence-corrected chi connectivity index (χ0v) is 16.0. The molecule has 2 aliphatic rings. The first-order chi connectivity index (χ1) is 12.8. The molecule has 4 heteroatoms. The summed E-state index contributed by atoms with van der Waals surface area (Å²) in [5, 5.41) is 3.09. The van der Waals surface area contributed by atoms with Crippen molar-refractivity contribution in [1.29, 1.82) is 0 Å². The van der Waals surface area contributed by atoms with Gasteiger partial charge >= 0.3 is 0 Å². The number of amides is 1. The normalized spacial score (nSPS) is 19.2. The van der Waals surface area contributed by atoms with Crippen molar-refractivity contribution in [1.82, 2.24) is 15.1 Å². The molecule has 0 atom stereocenters. The van der Waals surface area contributed by atoms with Crippen LogP contribution in [0.1, 0.15) is 44.1 Å². The summed E-state index contributed by atoms with van der Waals surface area (Å²) in [5.41, 5.74) is 2.92. The molecule has 1 aliphatic heterocycles. The van der Waals surface area contributed by atoms with Crippen LogP contribution in [0.5, 0.6) is 0 Å². The summed E-state index contributed by atoms with van der Waals surface area (Å²) in [6.07, 6.45) is 9.11. The lowest BCUT2D eigenvalue weighted by Crippen LogP contribution is -2.46. The van der Waals surface area contributed by atoms with Gasteiger partial charge in [-0.25, -0.2) is 0 Å². The van der Waals surface area contributed by atoms with E-state index in [1.807, 2.05) is 0 Å². The molecule has 0 unspecified atom stereocenters. The van der Waals surface area contributed by atoms with E-state index in [0.29, 0.717) is 6.42 Å². The summed E-state index contributed by atoms with van der Waals surface area (Å²) in [6.45, 7) is 7.02. The van der Waals surface area contributed by atoms with Gasteiger partial charge in [0.15, 0.2) is 0 Å². The molecule has 1 heterocycles. The molecule has 1 aliphatic carbocycles. The third-order valence-corrected chi connectivity index (χ3v) is 5.52. The fourth-order valence-corrected chi connectivity index (χ4v) is 3.85. The van der Waals surface area contributed by atoms with Crippen LogP contribution in [-0.2, 0) is 11.3 Å². The Morgan fingerprint density at radius 3 is 2.50 bits per heavy atom. The Balaban J connectivity index is 1.26. The number of allylic oxidation sites excluding steroid dienone is 1. The smallest absolute Gasteiger partial charge is 0.221 e. The second-order valence-electron chi connectivity index (χ2n) is 7.56. The highest BCUT2D eigenvalue weighted by molar-refractivity contribution is 5.76. The number of carbonyl (C=O) groups excluding carboxylic acids is 1. The minimum Gasteiger partial charge on any atom is -0.356 e. The van der Waals surface area contributed by atoms with Gasteiger partial charge in [-0.05, 0) is 37.7 Å². The van der Waals surface area contributed by atoms with Crippen molar-refractivity contribution in [2.24, 2.45) is 0 Å². The van der Waals surface area contributed by atoms with Crippen molar-refractivity contribution in [2.45, 2.75) is 45.1 Å². The standard InChI is InChI=1S/C22H33N3O/c26-22(23-13-11-20-7-3-1-4-8-20)12-14-24-15-17-25(18-16-24)19-21-9-5-2-6-10-21/h2,5-7,9-10H,1,3-4,8,11-19H2,(H,23,26). The number of hydrogen-bond acceptors (Lipinski definition) is 3. The number of hydrogen-bond donors (Lipinski definition) is 1. The van der Waals surface area contributed by atoms with Gasteiger partial charge in [0.1, 0.15) is 0 Å². The van der Waals surface area contributed by atoms with Gasteiger partial charge in [0, 0.05) is 52.2 Å². The maximum atomic E-state index is 12.1. The molecule has 142 valence electrons. The molecule has 1 aromatic rings. The molecule has 1 amide bonds. The Hall–Kier alpha value is -1.65. The van der Waals surface area contributed by atoms with E-state index in [1.54, 1.807) is 0 Å². The van der Waals surface area contributed by atoms with E-state index in [9.17, 15) is 4.79 Å². The van der Waals surface area contributed by atoms with Crippen LogP contribution >= 0.6 is 0 Å². The zero-order valence-electron chi connectivity index (χ0n) is 16.0. The molecule has 4 nitrogen and oxygen atoms in total. The van der Waals surface area contributed by atoms with Crippen LogP contribution in [0.15, 0.2) is 42.0 Å². The molecule has 1 fully saturated rings. The van der Waals surface area contributed by atoms with Crippen molar-refractivity contribution in [3.63, 3.8) is 0 Å². The highest BCUT2D eigenvalue weighted by Gasteiger charge is 2.17. The first kappa shape index (κ1) is 19.1. The Bertz CT molecular complexity index is 576. The highest BCUT2D eigenvalue weighted by atomic mass is 16.1. The first-order valence-electron chi connectivity index (χ1n) is 10.2. The number of piperazine rings is 1. The van der Waals surface area contributed by atoms with Crippen LogP contribution < -0.4 is 5.32 Å². The van der Waals surface area contributed by atoms with Gasteiger partial charge in [-0.3, -0.25) is 9.69 Å². The van der Waals surface area contributed by atoms with Gasteiger partial charge in [0.2, 0.25) is 5.91 Å². The van der Waals surface area contributed by atoms with Crippen LogP contribution in [0.2, 0.25) is 0 Å². The molecule has 1 saturated heterocycles. The van der Waals surface area contributed by atoms with Crippen LogP contribution in [0.25, 0.3) is 0 Å². The number of nitrogens with one attached hydrogen (secondary N) is 1. The van der Waals surface area contributed by atoms with Crippen molar-refractivity contribution in [3.05, 3.63) is 47.5 Å². The van der Waals surface area contributed by atoms with E-state index in [0.717, 1.165) is 52.2 Å². The van der Waals surface area contributed by atoms with Crippen LogP contribution in [-0.4, -0.2) is 55.0 Å². The number of benzene rings is 1. The van der Waals surface area contributed by atoms with E-state index in [4.69, 9.17) is 0 Å². The first-order valence-corrected chi connectivity index (χ1v) is 10.2. The van der Waals surface area contributed by atoms with Gasteiger partial charge in [-0.2, -0.15) is 0 Å². The lowest BCUT2D eigenvalue weighted by molar-refractivity contribution is -0.121. The van der Waals surface area contributed by atoms with Crippen molar-refractivity contribution in [2.75, 3.05) is 39.3 Å². The average Bonchev–Trinajstić information content (AvgIpc) is 2.69. The maximum absolute atomic E-state index is 12.1. The third-order valence-electron chi connectivity index (χ3n) is 5.52. The van der Waals surface area contributed by atoms with Gasteiger partial charge < -0.3 is 10.2 Å². The predicted molar refractivity (Wildman–Crippen MR) is 107 cm³/mol. The predicted octanol–water partition coefficient (Wildman–Crippen LogP) is 3.20. The molecular formula is C22H33N3O. The number of nitrogens with zero attached hydrogens (tertiary/aromatic N) is 2. The average molecular weight is 356 g/mol. The van der Waals surface area contributed by atoms with E-state index in [-0.39, 0.29) is 5.91 Å². The van der Waals surface area contributed by atoms with E-state index < -0.39 is 0 Å². The summed E-state index contributed by atoms with van der Waals surface area (Å²) < 4.78 is 0. The molecule has 3 rings (SSSR count). The van der Waals surface area contributed by atoms with E-state index in [1.165, 1.54) is 36.8 Å². The molecular weight excluding hydrogens is 322 g/mol. The Morgan fingerprint density at radius 2 is 1.77 bits per heavy atom. The van der Waals surface area contributed by atoms with Gasteiger partial charge in [0.25, 0.3) is 0 Å². The van der Waals surface area contributed by atoms with E-state index in [2.05, 4.69) is 51.5 Å². The largest absolute Gasteiger partial charge is 0.356 e. The van der Waals surface area contributed by atoms with Crippen molar-refractivity contribution < 1.29 is 4.79 Å². The SMILES string of the molecule is O=C(CCN1CCN(Cc2ccccc2)CC1)NCCC1=CCCCC1. The van der Waals surface area contributed by atoms with Gasteiger partial charge in [-0.1, -0.05) is 42.0 Å². The van der Waals surface area contributed by atoms with E-state index >= 15 is 0 Å². The summed E-state index contributed by atoms with van der Waals surface area (Å²) in [5.74, 6) is 0.202.